The molecule has 3 rings (SSSR count). The Kier molecular flexibility index (Phi) is 5.86. The molecule has 0 saturated heterocycles. The van der Waals surface area contributed by atoms with Gasteiger partial charge in [0.05, 0.1) is 6.04 Å². The fourth-order valence-electron chi connectivity index (χ4n) is 2.54. The van der Waals surface area contributed by atoms with E-state index in [4.69, 9.17) is 9.26 Å². The third-order valence-electron chi connectivity index (χ3n) is 4.11. The summed E-state index contributed by atoms with van der Waals surface area (Å²) in [5, 5.41) is 6.88. The smallest absolute Gasteiger partial charge is 0.258 e. The summed E-state index contributed by atoms with van der Waals surface area (Å²) < 4.78 is 10.8. The summed E-state index contributed by atoms with van der Waals surface area (Å²) in [7, 11) is 0. The third kappa shape index (κ3) is 4.94. The normalized spacial score (nSPS) is 12.0. The van der Waals surface area contributed by atoms with Gasteiger partial charge in [-0.15, -0.1) is 0 Å². The van der Waals surface area contributed by atoms with Crippen LogP contribution in [0.3, 0.4) is 0 Å². The molecule has 2 aromatic carbocycles. The van der Waals surface area contributed by atoms with Gasteiger partial charge >= 0.3 is 0 Å². The molecular weight excluding hydrogens is 342 g/mol. The molecule has 3 aromatic rings. The predicted octanol–water partition coefficient (Wildman–Crippen LogP) is 4.12. The number of nitrogens with zero attached hydrogens (tertiary/aromatic N) is 2. The van der Waals surface area contributed by atoms with Gasteiger partial charge in [0.25, 0.3) is 11.8 Å². The minimum Gasteiger partial charge on any atom is -0.484 e. The average Bonchev–Trinajstić information content (AvgIpc) is 3.18. The van der Waals surface area contributed by atoms with Crippen LogP contribution in [0.1, 0.15) is 44.1 Å². The molecule has 0 radical (unpaired) electrons. The summed E-state index contributed by atoms with van der Waals surface area (Å²) in [4.78, 5) is 16.4. The summed E-state index contributed by atoms with van der Waals surface area (Å²) in [5.74, 6) is 1.79. The van der Waals surface area contributed by atoms with E-state index < -0.39 is 0 Å². The van der Waals surface area contributed by atoms with Gasteiger partial charge in [-0.1, -0.05) is 49.3 Å². The Morgan fingerprint density at radius 3 is 2.41 bits per heavy atom. The molecule has 1 heterocycles. The molecule has 0 saturated carbocycles. The quantitative estimate of drug-likeness (QED) is 0.681. The molecule has 0 unspecified atom stereocenters. The zero-order valence-corrected chi connectivity index (χ0v) is 15.7. The highest BCUT2D eigenvalue weighted by atomic mass is 16.5. The van der Waals surface area contributed by atoms with E-state index in [0.717, 1.165) is 11.1 Å². The van der Waals surface area contributed by atoms with Crippen molar-refractivity contribution in [1.29, 1.82) is 0 Å². The first-order valence-corrected chi connectivity index (χ1v) is 8.94. The van der Waals surface area contributed by atoms with Crippen molar-refractivity contribution in [2.45, 2.75) is 32.7 Å². The van der Waals surface area contributed by atoms with Crippen LogP contribution in [0.5, 0.6) is 5.75 Å². The Morgan fingerprint density at radius 2 is 1.78 bits per heavy atom. The Morgan fingerprint density at radius 1 is 1.07 bits per heavy atom. The second kappa shape index (κ2) is 8.49. The molecular formula is C21H23N3O3. The summed E-state index contributed by atoms with van der Waals surface area (Å²) in [5.41, 5.74) is 1.86. The molecule has 0 aliphatic heterocycles. The van der Waals surface area contributed by atoms with E-state index in [0.29, 0.717) is 17.5 Å². The summed E-state index contributed by atoms with van der Waals surface area (Å²) >= 11 is 0. The maximum absolute atomic E-state index is 12.1. The molecule has 0 fully saturated rings. The third-order valence-corrected chi connectivity index (χ3v) is 4.11. The van der Waals surface area contributed by atoms with E-state index >= 15 is 0 Å². The van der Waals surface area contributed by atoms with Crippen molar-refractivity contribution in [2.75, 3.05) is 6.61 Å². The van der Waals surface area contributed by atoms with Crippen LogP contribution in [-0.2, 0) is 4.79 Å². The predicted molar refractivity (Wildman–Crippen MR) is 102 cm³/mol. The van der Waals surface area contributed by atoms with E-state index in [2.05, 4.69) is 15.5 Å². The van der Waals surface area contributed by atoms with E-state index in [9.17, 15) is 4.79 Å². The molecule has 0 bridgehead atoms. The van der Waals surface area contributed by atoms with Gasteiger partial charge in [-0.25, -0.2) is 0 Å². The number of hydrogen-bond donors (Lipinski definition) is 1. The molecule has 1 aromatic heterocycles. The first-order valence-electron chi connectivity index (χ1n) is 8.94. The number of amides is 1. The van der Waals surface area contributed by atoms with Gasteiger partial charge < -0.3 is 14.6 Å². The van der Waals surface area contributed by atoms with E-state index in [-0.39, 0.29) is 24.5 Å². The Bertz CT molecular complexity index is 873. The Labute approximate surface area is 158 Å². The number of aromatic nitrogens is 2. The van der Waals surface area contributed by atoms with Gasteiger partial charge in [-0.3, -0.25) is 4.79 Å². The Balaban J connectivity index is 1.53. The summed E-state index contributed by atoms with van der Waals surface area (Å²) in [6.07, 6.45) is 0. The van der Waals surface area contributed by atoms with Crippen LogP contribution >= 0.6 is 0 Å². The van der Waals surface area contributed by atoms with Crippen LogP contribution in [0, 0.1) is 0 Å². The van der Waals surface area contributed by atoms with E-state index in [1.807, 2.05) is 63.2 Å². The summed E-state index contributed by atoms with van der Waals surface area (Å²) in [6, 6.07) is 17.0. The van der Waals surface area contributed by atoms with Crippen molar-refractivity contribution >= 4 is 5.91 Å². The molecule has 1 N–H and O–H groups in total. The molecule has 0 aliphatic rings. The van der Waals surface area contributed by atoms with Crippen molar-refractivity contribution in [3.05, 3.63) is 66.0 Å². The molecule has 6 nitrogen and oxygen atoms in total. The standard InChI is InChI=1S/C21H23N3O3/c1-14(2)20-23-21(27-24-20)17-9-11-18(12-10-17)26-13-19(25)22-15(3)16-7-5-4-6-8-16/h4-12,14-15H,13H2,1-3H3,(H,22,25)/t15-/m1/s1. The number of carbonyl (C=O) groups excluding carboxylic acids is 1. The number of carbonyl (C=O) groups is 1. The fourth-order valence-corrected chi connectivity index (χ4v) is 2.54. The molecule has 6 heteroatoms. The van der Waals surface area contributed by atoms with Crippen LogP contribution in [0.25, 0.3) is 11.5 Å². The van der Waals surface area contributed by atoms with Crippen molar-refractivity contribution in [1.82, 2.24) is 15.5 Å². The lowest BCUT2D eigenvalue weighted by molar-refractivity contribution is -0.123. The van der Waals surface area contributed by atoms with E-state index in [1.165, 1.54) is 0 Å². The van der Waals surface area contributed by atoms with Crippen molar-refractivity contribution in [3.63, 3.8) is 0 Å². The first kappa shape index (κ1) is 18.6. The topological polar surface area (TPSA) is 77.2 Å². The van der Waals surface area contributed by atoms with Crippen molar-refractivity contribution in [3.8, 4) is 17.2 Å². The van der Waals surface area contributed by atoms with Gasteiger partial charge in [-0.05, 0) is 36.8 Å². The van der Waals surface area contributed by atoms with Crippen LogP contribution in [0.15, 0.2) is 59.1 Å². The number of ether oxygens (including phenoxy) is 1. The van der Waals surface area contributed by atoms with Gasteiger partial charge in [0.1, 0.15) is 5.75 Å². The molecule has 0 aliphatic carbocycles. The fraction of sp³-hybridized carbons (Fsp3) is 0.286. The minimum atomic E-state index is -0.172. The molecule has 140 valence electrons. The highest BCUT2D eigenvalue weighted by Crippen LogP contribution is 2.22. The monoisotopic (exact) mass is 365 g/mol. The van der Waals surface area contributed by atoms with Gasteiger partial charge in [0.15, 0.2) is 12.4 Å². The molecule has 1 amide bonds. The molecule has 27 heavy (non-hydrogen) atoms. The zero-order chi connectivity index (χ0) is 19.2. The Hall–Kier alpha value is -3.15. The molecule has 1 atom stereocenters. The van der Waals surface area contributed by atoms with Crippen LogP contribution in [0.2, 0.25) is 0 Å². The lowest BCUT2D eigenvalue weighted by Gasteiger charge is -2.14. The average molecular weight is 365 g/mol. The number of rotatable bonds is 7. The van der Waals surface area contributed by atoms with Crippen LogP contribution < -0.4 is 10.1 Å². The van der Waals surface area contributed by atoms with E-state index in [1.54, 1.807) is 12.1 Å². The zero-order valence-electron chi connectivity index (χ0n) is 15.7. The van der Waals surface area contributed by atoms with Crippen LogP contribution in [0.4, 0.5) is 0 Å². The SMILES string of the molecule is CC(C)c1noc(-c2ccc(OCC(=O)N[C@H](C)c3ccccc3)cc2)n1. The van der Waals surface area contributed by atoms with Gasteiger partial charge in [0, 0.05) is 11.5 Å². The van der Waals surface area contributed by atoms with Gasteiger partial charge in [0.2, 0.25) is 0 Å². The van der Waals surface area contributed by atoms with Crippen LogP contribution in [-0.4, -0.2) is 22.7 Å². The summed E-state index contributed by atoms with van der Waals surface area (Å²) in [6.45, 7) is 5.91. The number of hydrogen-bond acceptors (Lipinski definition) is 5. The minimum absolute atomic E-state index is 0.0470. The number of benzene rings is 2. The first-order chi connectivity index (χ1) is 13.0. The van der Waals surface area contributed by atoms with Crippen molar-refractivity contribution in [2.24, 2.45) is 0 Å². The highest BCUT2D eigenvalue weighted by molar-refractivity contribution is 5.78. The second-order valence-electron chi connectivity index (χ2n) is 6.63. The largest absolute Gasteiger partial charge is 0.484 e. The van der Waals surface area contributed by atoms with Crippen molar-refractivity contribution < 1.29 is 14.1 Å². The second-order valence-corrected chi connectivity index (χ2v) is 6.63. The maximum atomic E-state index is 12.1. The van der Waals surface area contributed by atoms with Gasteiger partial charge in [-0.2, -0.15) is 4.98 Å². The lowest BCUT2D eigenvalue weighted by Crippen LogP contribution is -2.31. The highest BCUT2D eigenvalue weighted by Gasteiger charge is 2.12. The molecule has 0 spiro atoms. The maximum Gasteiger partial charge on any atom is 0.258 e. The number of nitrogens with one attached hydrogen (secondary N) is 1. The lowest BCUT2D eigenvalue weighted by atomic mass is 10.1.